The number of hydrogen-bond donors (Lipinski definition) is 3. The molecule has 0 saturated heterocycles. The molecule has 0 aliphatic carbocycles. The summed E-state index contributed by atoms with van der Waals surface area (Å²) in [4.78, 5) is 11.8. The third-order valence-electron chi connectivity index (χ3n) is 4.32. The van der Waals surface area contributed by atoms with Crippen LogP contribution in [0.4, 0.5) is 5.69 Å². The molecule has 3 aromatic rings. The Bertz CT molecular complexity index is 1160. The van der Waals surface area contributed by atoms with E-state index in [1.807, 2.05) is 30.3 Å². The molecule has 6 heteroatoms. The number of methoxy groups -OCH3 is 1. The summed E-state index contributed by atoms with van der Waals surface area (Å²) in [7, 11) is 1.33. The third-order valence-corrected chi connectivity index (χ3v) is 4.55. The molecule has 3 rings (SSSR count). The van der Waals surface area contributed by atoms with Gasteiger partial charge in [0.15, 0.2) is 0 Å². The van der Waals surface area contributed by atoms with E-state index >= 15 is 0 Å². The van der Waals surface area contributed by atoms with Gasteiger partial charge >= 0.3 is 5.97 Å². The quantitative estimate of drug-likeness (QED) is 0.437. The van der Waals surface area contributed by atoms with Gasteiger partial charge < -0.3 is 20.5 Å². The fourth-order valence-electron chi connectivity index (χ4n) is 2.84. The maximum atomic E-state index is 11.8. The minimum atomic E-state index is -2.71. The first-order chi connectivity index (χ1) is 16.1. The highest BCUT2D eigenvalue weighted by Crippen LogP contribution is 2.24. The van der Waals surface area contributed by atoms with Gasteiger partial charge in [0.25, 0.3) is 0 Å². The van der Waals surface area contributed by atoms with Gasteiger partial charge in [-0.05, 0) is 53.1 Å². The molecule has 1 atom stereocenters. The fourth-order valence-corrected chi connectivity index (χ4v) is 3.03. The molecular formula is C24H25ClN2O3. The van der Waals surface area contributed by atoms with E-state index in [2.05, 4.69) is 5.32 Å². The van der Waals surface area contributed by atoms with Crippen LogP contribution in [-0.2, 0) is 4.74 Å². The van der Waals surface area contributed by atoms with Gasteiger partial charge in [-0.15, -0.1) is 0 Å². The SMILES string of the molecule is [2H]N(CCNc1cccc(-c2cccc(C(=O)OC)c2)c1)C([2H])([2H])[C@]([2H])(O)c1cccc(Cl)c1. The first kappa shape index (κ1) is 16.9. The molecule has 0 radical (unpaired) electrons. The van der Waals surface area contributed by atoms with Crippen LogP contribution in [-0.4, -0.2) is 37.8 Å². The molecule has 0 spiro atoms. The Balaban J connectivity index is 1.67. The van der Waals surface area contributed by atoms with Crippen LogP contribution >= 0.6 is 11.6 Å². The molecule has 5 nitrogen and oxygen atoms in total. The summed E-state index contributed by atoms with van der Waals surface area (Å²) in [6, 6.07) is 20.2. The van der Waals surface area contributed by atoms with E-state index in [9.17, 15) is 9.90 Å². The van der Waals surface area contributed by atoms with E-state index in [0.717, 1.165) is 16.8 Å². The fraction of sp³-hybridized carbons (Fsp3) is 0.208. The highest BCUT2D eigenvalue weighted by Gasteiger charge is 2.08. The van der Waals surface area contributed by atoms with Gasteiger partial charge in [0.1, 0.15) is 1.41 Å². The van der Waals surface area contributed by atoms with Crippen LogP contribution in [0.15, 0.2) is 72.8 Å². The maximum Gasteiger partial charge on any atom is 0.337 e. The first-order valence-corrected chi connectivity index (χ1v) is 9.71. The zero-order chi connectivity index (χ0) is 24.9. The van der Waals surface area contributed by atoms with Crippen LogP contribution in [0.1, 0.15) is 26.1 Å². The van der Waals surface area contributed by atoms with E-state index in [1.54, 1.807) is 24.3 Å². The Labute approximate surface area is 187 Å². The number of hydrogen-bond acceptors (Lipinski definition) is 5. The van der Waals surface area contributed by atoms with Crippen molar-refractivity contribution in [3.05, 3.63) is 88.9 Å². The highest BCUT2D eigenvalue weighted by molar-refractivity contribution is 6.30. The van der Waals surface area contributed by atoms with Crippen LogP contribution in [0.2, 0.25) is 6.43 Å². The molecule has 0 amide bonds. The van der Waals surface area contributed by atoms with E-state index < -0.39 is 18.5 Å². The standard InChI is InChI=1S/C24H25ClN2O3/c1-30-24(29)20-8-2-5-17(13-20)18-6-4-10-22(15-18)27-12-11-26-16-23(28)19-7-3-9-21(25)14-19/h2-10,13-15,23,26-28H,11-12,16H2,1H3/t23-/m0/s1/i16D2,23D/hD. The minimum Gasteiger partial charge on any atom is -0.465 e. The van der Waals surface area contributed by atoms with Crippen LogP contribution in [0, 0.1) is 0 Å². The average molecular weight is 429 g/mol. The van der Waals surface area contributed by atoms with Crippen LogP contribution < -0.4 is 10.6 Å². The molecule has 156 valence electrons. The highest BCUT2D eigenvalue weighted by atomic mass is 35.5. The molecule has 30 heavy (non-hydrogen) atoms. The Hall–Kier alpha value is -2.86. The zero-order valence-electron chi connectivity index (χ0n) is 20.4. The molecule has 0 aromatic heterocycles. The number of halogens is 1. The Morgan fingerprint density at radius 3 is 2.63 bits per heavy atom. The van der Waals surface area contributed by atoms with Crippen molar-refractivity contribution in [2.45, 2.75) is 6.08 Å². The van der Waals surface area contributed by atoms with E-state index in [-0.39, 0.29) is 23.7 Å². The molecular weight excluding hydrogens is 400 g/mol. The lowest BCUT2D eigenvalue weighted by Crippen LogP contribution is -2.26. The van der Waals surface area contributed by atoms with Crippen molar-refractivity contribution in [1.29, 1.82) is 0 Å². The maximum absolute atomic E-state index is 11.8. The number of carbonyl (C=O) groups is 1. The second kappa shape index (κ2) is 10.8. The third kappa shape index (κ3) is 6.07. The van der Waals surface area contributed by atoms with Gasteiger partial charge in [-0.3, -0.25) is 0 Å². The van der Waals surface area contributed by atoms with E-state index in [4.69, 9.17) is 21.9 Å². The number of anilines is 1. The number of rotatable bonds is 9. The molecule has 0 aliphatic heterocycles. The zero-order valence-corrected chi connectivity index (χ0v) is 17.2. The summed E-state index contributed by atoms with van der Waals surface area (Å²) >= 11 is 5.91. The van der Waals surface area contributed by atoms with Gasteiger partial charge in [-0.1, -0.05) is 48.0 Å². The molecule has 3 N–H and O–H groups in total. The van der Waals surface area contributed by atoms with Crippen molar-refractivity contribution in [2.24, 2.45) is 0 Å². The lowest BCUT2D eigenvalue weighted by molar-refractivity contribution is 0.0601. The summed E-state index contributed by atoms with van der Waals surface area (Å²) in [6.07, 6.45) is -2.70. The van der Waals surface area contributed by atoms with E-state index in [1.165, 1.54) is 25.3 Å². The van der Waals surface area contributed by atoms with Crippen molar-refractivity contribution < 1.29 is 20.2 Å². The van der Waals surface area contributed by atoms with Crippen LogP contribution in [0.5, 0.6) is 0 Å². The normalized spacial score (nSPS) is 15.3. The lowest BCUT2D eigenvalue weighted by Gasteiger charge is -2.13. The van der Waals surface area contributed by atoms with Crippen molar-refractivity contribution in [3.63, 3.8) is 0 Å². The van der Waals surface area contributed by atoms with Gasteiger partial charge in [-0.25, -0.2) is 4.79 Å². The van der Waals surface area contributed by atoms with Crippen LogP contribution in [0.25, 0.3) is 11.1 Å². The summed E-state index contributed by atoms with van der Waals surface area (Å²) in [5.41, 5.74) is 2.80. The molecule has 0 fully saturated rings. The lowest BCUT2D eigenvalue weighted by atomic mass is 10.0. The van der Waals surface area contributed by atoms with Crippen LogP contribution in [0.3, 0.4) is 0 Å². The molecule has 0 aliphatic rings. The Morgan fingerprint density at radius 2 is 1.87 bits per heavy atom. The second-order valence-electron chi connectivity index (χ2n) is 6.43. The van der Waals surface area contributed by atoms with Gasteiger partial charge in [0.2, 0.25) is 0 Å². The number of carbonyl (C=O) groups excluding carboxylic acids is 1. The molecule has 0 bridgehead atoms. The molecule has 0 saturated carbocycles. The number of benzene rings is 3. The minimum absolute atomic E-state index is 0.0444. The number of ether oxygens (including phenoxy) is 1. The monoisotopic (exact) mass is 428 g/mol. The van der Waals surface area contributed by atoms with Gasteiger partial charge in [-0.2, -0.15) is 0 Å². The van der Waals surface area contributed by atoms with Gasteiger partial charge in [0.05, 0.1) is 20.1 Å². The van der Waals surface area contributed by atoms with Crippen molar-refractivity contribution >= 4 is 23.3 Å². The Morgan fingerprint density at radius 1 is 1.13 bits per heavy atom. The van der Waals surface area contributed by atoms with Gasteiger partial charge in [0, 0.05) is 33.0 Å². The molecule has 0 unspecified atom stereocenters. The topological polar surface area (TPSA) is 70.6 Å². The largest absolute Gasteiger partial charge is 0.465 e. The Kier molecular flexibility index (Phi) is 6.07. The second-order valence-corrected chi connectivity index (χ2v) is 6.87. The number of esters is 1. The predicted molar refractivity (Wildman–Crippen MR) is 121 cm³/mol. The number of nitrogens with one attached hydrogen (secondary N) is 2. The predicted octanol–water partition coefficient (Wildman–Crippen LogP) is 4.53. The summed E-state index contributed by atoms with van der Waals surface area (Å²) < 4.78 is 37.5. The number of aliphatic hydroxyl groups is 1. The summed E-state index contributed by atoms with van der Waals surface area (Å²) in [6.45, 7) is -2.65. The summed E-state index contributed by atoms with van der Waals surface area (Å²) in [5.74, 6) is -0.423. The average Bonchev–Trinajstić information content (AvgIpc) is 2.83. The van der Waals surface area contributed by atoms with Crippen molar-refractivity contribution in [1.82, 2.24) is 5.31 Å². The molecule has 0 heterocycles. The summed E-state index contributed by atoms with van der Waals surface area (Å²) in [5, 5.41) is 14.5. The van der Waals surface area contributed by atoms with Crippen molar-refractivity contribution in [3.8, 4) is 11.1 Å². The smallest absolute Gasteiger partial charge is 0.337 e. The van der Waals surface area contributed by atoms with E-state index in [0.29, 0.717) is 10.9 Å². The van der Waals surface area contributed by atoms with Crippen molar-refractivity contribution in [2.75, 3.05) is 32.0 Å². The molecule has 3 aromatic carbocycles. The first-order valence-electron chi connectivity index (χ1n) is 11.3.